The van der Waals surface area contributed by atoms with Crippen LogP contribution in [0.1, 0.15) is 0 Å². The van der Waals surface area contributed by atoms with Gasteiger partial charge in [-0.3, -0.25) is 0 Å². The first kappa shape index (κ1) is 12.1. The van der Waals surface area contributed by atoms with Gasteiger partial charge >= 0.3 is 0 Å². The van der Waals surface area contributed by atoms with Gasteiger partial charge < -0.3 is 4.43 Å². The maximum Gasteiger partial charge on any atom is 0.242 e. The summed E-state index contributed by atoms with van der Waals surface area (Å²) in [6.45, 7) is 6.58. The van der Waals surface area contributed by atoms with E-state index in [1.54, 1.807) is 11.8 Å². The van der Waals surface area contributed by atoms with Crippen LogP contribution in [0.5, 0.6) is 5.75 Å². The zero-order chi connectivity index (χ0) is 10.8. The molecule has 0 saturated heterocycles. The van der Waals surface area contributed by atoms with Crippen LogP contribution in [0.25, 0.3) is 0 Å². The van der Waals surface area contributed by atoms with Gasteiger partial charge in [-0.25, -0.2) is 0 Å². The van der Waals surface area contributed by atoms with Crippen molar-refractivity contribution in [3.63, 3.8) is 0 Å². The summed E-state index contributed by atoms with van der Waals surface area (Å²) >= 11 is 5.18. The van der Waals surface area contributed by atoms with E-state index in [4.69, 9.17) is 4.43 Å². The Bertz CT molecular complexity index is 322. The van der Waals surface area contributed by atoms with Gasteiger partial charge in [0, 0.05) is 9.37 Å². The fourth-order valence-corrected chi connectivity index (χ4v) is 3.04. The summed E-state index contributed by atoms with van der Waals surface area (Å²) in [5.41, 5.74) is 0. The zero-order valence-corrected chi connectivity index (χ0v) is 12.3. The lowest BCUT2D eigenvalue weighted by molar-refractivity contribution is 0.544. The van der Waals surface area contributed by atoms with E-state index in [9.17, 15) is 0 Å². The van der Waals surface area contributed by atoms with Crippen molar-refractivity contribution in [1.29, 1.82) is 0 Å². The average Bonchev–Trinajstić information content (AvgIpc) is 2.06. The molecule has 0 aliphatic rings. The first-order chi connectivity index (χ1) is 6.42. The van der Waals surface area contributed by atoms with Crippen LogP contribution >= 0.6 is 27.7 Å². The Balaban J connectivity index is 2.97. The molecule has 0 atom stereocenters. The Kier molecular flexibility index (Phi) is 4.10. The molecule has 0 aliphatic carbocycles. The highest BCUT2D eigenvalue weighted by Gasteiger charge is 2.17. The van der Waals surface area contributed by atoms with E-state index in [0.717, 1.165) is 10.2 Å². The van der Waals surface area contributed by atoms with Gasteiger partial charge in [-0.1, -0.05) is 15.9 Å². The molecule has 0 spiro atoms. The Morgan fingerprint density at radius 2 is 1.93 bits per heavy atom. The van der Waals surface area contributed by atoms with Gasteiger partial charge in [-0.2, -0.15) is 0 Å². The minimum Gasteiger partial charge on any atom is -0.544 e. The second-order valence-corrected chi connectivity index (χ2v) is 10.2. The molecule has 0 radical (unpaired) electrons. The molecule has 1 aromatic rings. The summed E-state index contributed by atoms with van der Waals surface area (Å²) in [7, 11) is -1.49. The van der Waals surface area contributed by atoms with Crippen LogP contribution in [0.4, 0.5) is 0 Å². The third kappa shape index (κ3) is 3.67. The Morgan fingerprint density at radius 3 is 2.43 bits per heavy atom. The monoisotopic (exact) mass is 290 g/mol. The minimum absolute atomic E-state index is 1.01. The van der Waals surface area contributed by atoms with Crippen molar-refractivity contribution in [2.75, 3.05) is 6.26 Å². The number of rotatable bonds is 3. The number of benzene rings is 1. The Labute approximate surface area is 99.5 Å². The van der Waals surface area contributed by atoms with Crippen LogP contribution in [0.15, 0.2) is 27.6 Å². The van der Waals surface area contributed by atoms with E-state index >= 15 is 0 Å². The highest BCUT2D eigenvalue weighted by atomic mass is 79.9. The summed E-state index contributed by atoms with van der Waals surface area (Å²) in [4.78, 5) is 1.20. The van der Waals surface area contributed by atoms with E-state index in [-0.39, 0.29) is 0 Å². The number of thioether (sulfide) groups is 1. The number of hydrogen-bond donors (Lipinski definition) is 0. The molecule has 14 heavy (non-hydrogen) atoms. The van der Waals surface area contributed by atoms with Crippen LogP contribution in [0.2, 0.25) is 19.6 Å². The summed E-state index contributed by atoms with van der Waals surface area (Å²) in [6.07, 6.45) is 2.07. The Hall–Kier alpha value is 0.0669. The van der Waals surface area contributed by atoms with E-state index in [2.05, 4.69) is 47.9 Å². The van der Waals surface area contributed by atoms with Gasteiger partial charge in [0.25, 0.3) is 0 Å². The fraction of sp³-hybridized carbons (Fsp3) is 0.400. The van der Waals surface area contributed by atoms with Crippen molar-refractivity contribution in [2.24, 2.45) is 0 Å². The van der Waals surface area contributed by atoms with E-state index in [1.807, 2.05) is 12.1 Å². The van der Waals surface area contributed by atoms with Crippen LogP contribution in [0.3, 0.4) is 0 Å². The summed E-state index contributed by atoms with van der Waals surface area (Å²) in [6, 6.07) is 6.16. The molecule has 0 unspecified atom stereocenters. The van der Waals surface area contributed by atoms with Crippen molar-refractivity contribution in [1.82, 2.24) is 0 Å². The van der Waals surface area contributed by atoms with Crippen molar-refractivity contribution in [3.05, 3.63) is 22.7 Å². The van der Waals surface area contributed by atoms with Crippen molar-refractivity contribution in [2.45, 2.75) is 24.5 Å². The molecular weight excluding hydrogens is 276 g/mol. The first-order valence-corrected chi connectivity index (χ1v) is 9.87. The maximum atomic E-state index is 5.98. The van der Waals surface area contributed by atoms with Gasteiger partial charge in [-0.15, -0.1) is 11.8 Å². The summed E-state index contributed by atoms with van der Waals surface area (Å²) < 4.78 is 7.08. The molecular formula is C10H15BrOSSi. The van der Waals surface area contributed by atoms with E-state index in [0.29, 0.717) is 0 Å². The van der Waals surface area contributed by atoms with Crippen molar-refractivity contribution < 1.29 is 4.43 Å². The van der Waals surface area contributed by atoms with Crippen LogP contribution in [-0.4, -0.2) is 14.6 Å². The molecule has 1 aromatic carbocycles. The van der Waals surface area contributed by atoms with E-state index < -0.39 is 8.32 Å². The lowest BCUT2D eigenvalue weighted by atomic mass is 10.3. The highest BCUT2D eigenvalue weighted by Crippen LogP contribution is 2.32. The largest absolute Gasteiger partial charge is 0.544 e. The minimum atomic E-state index is -1.49. The predicted molar refractivity (Wildman–Crippen MR) is 69.9 cm³/mol. The predicted octanol–water partition coefficient (Wildman–Crippen LogP) is 4.38. The van der Waals surface area contributed by atoms with Gasteiger partial charge in [0.2, 0.25) is 8.32 Å². The molecule has 0 aromatic heterocycles. The standard InChI is InChI=1S/C10H15BrOSSi/c1-13-10-7-8(11)5-6-9(10)12-14(2,3)4/h5-7H,1-4H3. The lowest BCUT2D eigenvalue weighted by Gasteiger charge is -2.21. The molecule has 0 N–H and O–H groups in total. The van der Waals surface area contributed by atoms with Crippen LogP contribution < -0.4 is 4.43 Å². The second kappa shape index (κ2) is 4.73. The molecule has 0 amide bonds. The lowest BCUT2D eigenvalue weighted by Crippen LogP contribution is -2.29. The molecule has 0 bridgehead atoms. The Morgan fingerprint density at radius 1 is 1.29 bits per heavy atom. The van der Waals surface area contributed by atoms with Crippen molar-refractivity contribution >= 4 is 36.0 Å². The van der Waals surface area contributed by atoms with E-state index in [1.165, 1.54) is 4.90 Å². The molecule has 4 heteroatoms. The molecule has 0 heterocycles. The quantitative estimate of drug-likeness (QED) is 0.603. The average molecular weight is 291 g/mol. The SMILES string of the molecule is CSc1cc(Br)ccc1O[Si](C)(C)C. The van der Waals surface area contributed by atoms with Crippen molar-refractivity contribution in [3.8, 4) is 5.75 Å². The molecule has 0 aliphatic heterocycles. The van der Waals surface area contributed by atoms with Gasteiger partial charge in [0.1, 0.15) is 5.75 Å². The highest BCUT2D eigenvalue weighted by molar-refractivity contribution is 9.10. The normalized spacial score (nSPS) is 11.5. The third-order valence-corrected chi connectivity index (χ3v) is 3.63. The van der Waals surface area contributed by atoms with Gasteiger partial charge in [-0.05, 0) is 44.1 Å². The molecule has 78 valence electrons. The number of halogens is 1. The third-order valence-electron chi connectivity index (χ3n) is 1.54. The smallest absolute Gasteiger partial charge is 0.242 e. The zero-order valence-electron chi connectivity index (χ0n) is 8.93. The molecule has 0 fully saturated rings. The fourth-order valence-electron chi connectivity index (χ4n) is 1.06. The van der Waals surface area contributed by atoms with Crippen LogP contribution in [-0.2, 0) is 0 Å². The molecule has 1 rings (SSSR count). The van der Waals surface area contributed by atoms with Crippen LogP contribution in [0, 0.1) is 0 Å². The van der Waals surface area contributed by atoms with Gasteiger partial charge in [0.15, 0.2) is 0 Å². The second-order valence-electron chi connectivity index (χ2n) is 4.01. The topological polar surface area (TPSA) is 9.23 Å². The molecule has 0 saturated carbocycles. The number of hydrogen-bond acceptors (Lipinski definition) is 2. The molecule has 1 nitrogen and oxygen atoms in total. The van der Waals surface area contributed by atoms with Gasteiger partial charge in [0.05, 0.1) is 0 Å². The summed E-state index contributed by atoms with van der Waals surface area (Å²) in [5.74, 6) is 1.01. The summed E-state index contributed by atoms with van der Waals surface area (Å²) in [5, 5.41) is 0. The first-order valence-electron chi connectivity index (χ1n) is 4.45. The maximum absolute atomic E-state index is 5.98.